The van der Waals surface area contributed by atoms with Crippen molar-refractivity contribution in [3.8, 4) is 0 Å². The van der Waals surface area contributed by atoms with Crippen molar-refractivity contribution in [2.75, 3.05) is 38.5 Å². The first-order valence-electron chi connectivity index (χ1n) is 7.27. The molecule has 1 aromatic rings. The first-order chi connectivity index (χ1) is 9.29. The minimum Gasteiger partial charge on any atom is -0.369 e. The summed E-state index contributed by atoms with van der Waals surface area (Å²) in [5.74, 6) is 0.881. The van der Waals surface area contributed by atoms with Gasteiger partial charge in [-0.3, -0.25) is 0 Å². The zero-order valence-corrected chi connectivity index (χ0v) is 12.0. The average molecular weight is 263 g/mol. The molecule has 1 aliphatic heterocycles. The second-order valence-corrected chi connectivity index (χ2v) is 5.21. The maximum atomic E-state index is 4.21. The molecule has 106 valence electrons. The molecule has 2 heterocycles. The van der Waals surface area contributed by atoms with Crippen LogP contribution in [0.3, 0.4) is 0 Å². The van der Waals surface area contributed by atoms with E-state index in [4.69, 9.17) is 0 Å². The number of piperazine rings is 1. The fraction of sp³-hybridized carbons (Fsp3) is 0.714. The van der Waals surface area contributed by atoms with E-state index in [1.54, 1.807) is 0 Å². The maximum Gasteiger partial charge on any atom is 0.148 e. The lowest BCUT2D eigenvalue weighted by molar-refractivity contribution is 0.194. The van der Waals surface area contributed by atoms with E-state index in [0.717, 1.165) is 57.0 Å². The van der Waals surface area contributed by atoms with Gasteiger partial charge in [0, 0.05) is 32.2 Å². The van der Waals surface area contributed by atoms with E-state index in [1.807, 2.05) is 6.07 Å². The summed E-state index contributed by atoms with van der Waals surface area (Å²) in [6.45, 7) is 6.42. The van der Waals surface area contributed by atoms with Gasteiger partial charge in [-0.2, -0.15) is 5.10 Å². The summed E-state index contributed by atoms with van der Waals surface area (Å²) in [7, 11) is 2.20. The average Bonchev–Trinajstić information content (AvgIpc) is 2.43. The molecule has 0 aliphatic carbocycles. The molecule has 5 nitrogen and oxygen atoms in total. The van der Waals surface area contributed by atoms with E-state index in [2.05, 4.69) is 45.8 Å². The second kappa shape index (κ2) is 7.40. The predicted octanol–water partition coefficient (Wildman–Crippen LogP) is 1.13. The molecular weight excluding hydrogens is 238 g/mol. The van der Waals surface area contributed by atoms with Gasteiger partial charge in [-0.05, 0) is 32.0 Å². The summed E-state index contributed by atoms with van der Waals surface area (Å²) < 4.78 is 0. The van der Waals surface area contributed by atoms with Crippen LogP contribution in [0, 0.1) is 0 Å². The van der Waals surface area contributed by atoms with Crippen LogP contribution < -0.4 is 10.6 Å². The monoisotopic (exact) mass is 263 g/mol. The minimum atomic E-state index is 0.619. The molecule has 0 amide bonds. The SMILES string of the molecule is CCCc1ccc(NCCC2CNCCN2C)nn1. The van der Waals surface area contributed by atoms with Gasteiger partial charge in [0.25, 0.3) is 0 Å². The number of nitrogens with zero attached hydrogens (tertiary/aromatic N) is 3. The van der Waals surface area contributed by atoms with Gasteiger partial charge in [0.1, 0.15) is 5.82 Å². The number of aromatic nitrogens is 2. The van der Waals surface area contributed by atoms with Crippen LogP contribution in [0.1, 0.15) is 25.5 Å². The molecule has 2 rings (SSSR count). The van der Waals surface area contributed by atoms with Gasteiger partial charge >= 0.3 is 0 Å². The fourth-order valence-corrected chi connectivity index (χ4v) is 2.40. The molecule has 0 spiro atoms. The van der Waals surface area contributed by atoms with Crippen LogP contribution in [-0.4, -0.2) is 54.4 Å². The van der Waals surface area contributed by atoms with E-state index in [0.29, 0.717) is 6.04 Å². The van der Waals surface area contributed by atoms with Gasteiger partial charge in [0.15, 0.2) is 0 Å². The van der Waals surface area contributed by atoms with Gasteiger partial charge in [-0.1, -0.05) is 13.3 Å². The Balaban J connectivity index is 1.72. The van der Waals surface area contributed by atoms with Crippen molar-refractivity contribution in [3.05, 3.63) is 17.8 Å². The Labute approximate surface area is 115 Å². The van der Waals surface area contributed by atoms with Gasteiger partial charge in [0.2, 0.25) is 0 Å². The molecule has 5 heteroatoms. The van der Waals surface area contributed by atoms with Crippen molar-refractivity contribution in [2.45, 2.75) is 32.2 Å². The molecule has 1 aliphatic rings. The van der Waals surface area contributed by atoms with Gasteiger partial charge < -0.3 is 15.5 Å². The molecular formula is C14H25N5. The Morgan fingerprint density at radius 3 is 3.00 bits per heavy atom. The summed E-state index contributed by atoms with van der Waals surface area (Å²) in [5.41, 5.74) is 1.07. The number of aryl methyl sites for hydroxylation is 1. The molecule has 0 aromatic carbocycles. The Hall–Kier alpha value is -1.20. The van der Waals surface area contributed by atoms with E-state index in [1.165, 1.54) is 0 Å². The Bertz CT molecular complexity index is 365. The highest BCUT2D eigenvalue weighted by molar-refractivity contribution is 5.32. The number of hydrogen-bond donors (Lipinski definition) is 2. The molecule has 0 saturated carbocycles. The summed E-state index contributed by atoms with van der Waals surface area (Å²) in [4.78, 5) is 2.42. The first kappa shape index (κ1) is 14.2. The lowest BCUT2D eigenvalue weighted by atomic mass is 10.1. The summed E-state index contributed by atoms with van der Waals surface area (Å²) in [6, 6.07) is 4.71. The van der Waals surface area contributed by atoms with E-state index in [-0.39, 0.29) is 0 Å². The third-order valence-electron chi connectivity index (χ3n) is 3.65. The van der Waals surface area contributed by atoms with Crippen LogP contribution in [0.25, 0.3) is 0 Å². The third kappa shape index (κ3) is 4.44. The highest BCUT2D eigenvalue weighted by Crippen LogP contribution is 2.07. The van der Waals surface area contributed by atoms with Crippen LogP contribution in [0.4, 0.5) is 5.82 Å². The van der Waals surface area contributed by atoms with Crippen molar-refractivity contribution in [3.63, 3.8) is 0 Å². The highest BCUT2D eigenvalue weighted by atomic mass is 15.2. The Kier molecular flexibility index (Phi) is 5.54. The van der Waals surface area contributed by atoms with Crippen LogP contribution >= 0.6 is 0 Å². The molecule has 1 aromatic heterocycles. The highest BCUT2D eigenvalue weighted by Gasteiger charge is 2.17. The standard InChI is InChI=1S/C14H25N5/c1-3-4-12-5-6-14(18-17-12)16-8-7-13-11-15-9-10-19(13)2/h5-6,13,15H,3-4,7-11H2,1-2H3,(H,16,18). The topological polar surface area (TPSA) is 53.1 Å². The van der Waals surface area contributed by atoms with Crippen molar-refractivity contribution in [2.24, 2.45) is 0 Å². The lowest BCUT2D eigenvalue weighted by Crippen LogP contribution is -2.49. The Morgan fingerprint density at radius 1 is 1.42 bits per heavy atom. The molecule has 0 bridgehead atoms. The van der Waals surface area contributed by atoms with Gasteiger partial charge in [0.05, 0.1) is 5.69 Å². The van der Waals surface area contributed by atoms with Crippen LogP contribution in [0.15, 0.2) is 12.1 Å². The Morgan fingerprint density at radius 2 is 2.32 bits per heavy atom. The molecule has 0 radical (unpaired) electrons. The zero-order chi connectivity index (χ0) is 13.5. The lowest BCUT2D eigenvalue weighted by Gasteiger charge is -2.33. The maximum absolute atomic E-state index is 4.21. The number of hydrogen-bond acceptors (Lipinski definition) is 5. The second-order valence-electron chi connectivity index (χ2n) is 5.21. The molecule has 1 saturated heterocycles. The molecule has 1 fully saturated rings. The molecule has 2 N–H and O–H groups in total. The van der Waals surface area contributed by atoms with E-state index in [9.17, 15) is 0 Å². The summed E-state index contributed by atoms with van der Waals surface area (Å²) in [6.07, 6.45) is 3.25. The van der Waals surface area contributed by atoms with Gasteiger partial charge in [-0.25, -0.2) is 0 Å². The van der Waals surface area contributed by atoms with Crippen molar-refractivity contribution in [1.29, 1.82) is 0 Å². The van der Waals surface area contributed by atoms with Crippen LogP contribution in [0.5, 0.6) is 0 Å². The summed E-state index contributed by atoms with van der Waals surface area (Å²) >= 11 is 0. The molecule has 1 unspecified atom stereocenters. The van der Waals surface area contributed by atoms with Crippen molar-refractivity contribution in [1.82, 2.24) is 20.4 Å². The summed E-state index contributed by atoms with van der Waals surface area (Å²) in [5, 5.41) is 15.2. The number of anilines is 1. The van der Waals surface area contributed by atoms with Crippen molar-refractivity contribution >= 4 is 5.82 Å². The van der Waals surface area contributed by atoms with E-state index >= 15 is 0 Å². The molecule has 1 atom stereocenters. The van der Waals surface area contributed by atoms with Crippen LogP contribution in [0.2, 0.25) is 0 Å². The number of likely N-dealkylation sites (N-methyl/N-ethyl adjacent to an activating group) is 1. The molecule has 19 heavy (non-hydrogen) atoms. The normalized spacial score (nSPS) is 20.4. The predicted molar refractivity (Wildman–Crippen MR) is 78.4 cm³/mol. The zero-order valence-electron chi connectivity index (χ0n) is 12.0. The smallest absolute Gasteiger partial charge is 0.148 e. The fourth-order valence-electron chi connectivity index (χ4n) is 2.40. The van der Waals surface area contributed by atoms with Gasteiger partial charge in [-0.15, -0.1) is 5.10 Å². The third-order valence-corrected chi connectivity index (χ3v) is 3.65. The first-order valence-corrected chi connectivity index (χ1v) is 7.27. The van der Waals surface area contributed by atoms with Crippen LogP contribution in [-0.2, 0) is 6.42 Å². The van der Waals surface area contributed by atoms with Crippen molar-refractivity contribution < 1.29 is 0 Å². The van der Waals surface area contributed by atoms with E-state index < -0.39 is 0 Å². The quantitative estimate of drug-likeness (QED) is 0.806. The number of rotatable bonds is 6. The minimum absolute atomic E-state index is 0.619. The largest absolute Gasteiger partial charge is 0.369 e. The number of nitrogens with one attached hydrogen (secondary N) is 2.